The average Bonchev–Trinajstić information content (AvgIpc) is 2.52. The van der Waals surface area contributed by atoms with Gasteiger partial charge in [0.1, 0.15) is 0 Å². The van der Waals surface area contributed by atoms with E-state index in [0.717, 1.165) is 13.0 Å². The van der Waals surface area contributed by atoms with Crippen molar-refractivity contribution in [2.45, 2.75) is 6.42 Å². The molecule has 2 rings (SSSR count). The van der Waals surface area contributed by atoms with Gasteiger partial charge in [-0.1, -0.05) is 29.8 Å². The largest absolute Gasteiger partial charge is 0.375 e. The van der Waals surface area contributed by atoms with Crippen LogP contribution < -0.4 is 10.2 Å². The highest BCUT2D eigenvalue weighted by Gasteiger charge is 2.09. The van der Waals surface area contributed by atoms with Crippen molar-refractivity contribution in [2.24, 2.45) is 0 Å². The SMILES string of the molecule is CN(CCCNC(=O)c1ccncc1Cl)c1ccccc1. The van der Waals surface area contributed by atoms with Gasteiger partial charge >= 0.3 is 0 Å². The Morgan fingerprint density at radius 2 is 2.05 bits per heavy atom. The molecule has 0 spiro atoms. The molecule has 0 unspecified atom stereocenters. The highest BCUT2D eigenvalue weighted by atomic mass is 35.5. The number of rotatable bonds is 6. The molecule has 1 aromatic carbocycles. The molecule has 2 aromatic rings. The van der Waals surface area contributed by atoms with Crippen LogP contribution >= 0.6 is 11.6 Å². The number of anilines is 1. The van der Waals surface area contributed by atoms with Crippen molar-refractivity contribution in [1.82, 2.24) is 10.3 Å². The van der Waals surface area contributed by atoms with Crippen LogP contribution in [-0.2, 0) is 0 Å². The molecule has 0 saturated carbocycles. The lowest BCUT2D eigenvalue weighted by atomic mass is 10.2. The van der Waals surface area contributed by atoms with Crippen LogP contribution in [0.5, 0.6) is 0 Å². The minimum Gasteiger partial charge on any atom is -0.375 e. The number of halogens is 1. The molecule has 0 radical (unpaired) electrons. The van der Waals surface area contributed by atoms with Crippen molar-refractivity contribution in [1.29, 1.82) is 0 Å². The average molecular weight is 304 g/mol. The van der Waals surface area contributed by atoms with Gasteiger partial charge in [-0.05, 0) is 24.6 Å². The van der Waals surface area contributed by atoms with Crippen molar-refractivity contribution in [2.75, 3.05) is 25.0 Å². The van der Waals surface area contributed by atoms with E-state index in [1.807, 2.05) is 25.2 Å². The van der Waals surface area contributed by atoms with E-state index in [0.29, 0.717) is 17.1 Å². The Balaban J connectivity index is 1.75. The topological polar surface area (TPSA) is 45.2 Å². The first-order chi connectivity index (χ1) is 10.2. The molecular weight excluding hydrogens is 286 g/mol. The summed E-state index contributed by atoms with van der Waals surface area (Å²) < 4.78 is 0. The summed E-state index contributed by atoms with van der Waals surface area (Å²) in [6.45, 7) is 1.48. The van der Waals surface area contributed by atoms with Crippen molar-refractivity contribution in [3.63, 3.8) is 0 Å². The molecule has 1 heterocycles. The third-order valence-electron chi connectivity index (χ3n) is 3.17. The number of nitrogens with one attached hydrogen (secondary N) is 1. The predicted octanol–water partition coefficient (Wildman–Crippen LogP) is 2.99. The first kappa shape index (κ1) is 15.3. The molecule has 0 aliphatic rings. The first-order valence-corrected chi connectivity index (χ1v) is 7.20. The van der Waals surface area contributed by atoms with Gasteiger partial charge in [0.05, 0.1) is 10.6 Å². The van der Waals surface area contributed by atoms with E-state index in [2.05, 4.69) is 27.3 Å². The third-order valence-corrected chi connectivity index (χ3v) is 3.47. The van der Waals surface area contributed by atoms with E-state index in [1.165, 1.54) is 11.9 Å². The molecule has 5 heteroatoms. The van der Waals surface area contributed by atoms with Crippen molar-refractivity contribution < 1.29 is 4.79 Å². The van der Waals surface area contributed by atoms with E-state index >= 15 is 0 Å². The van der Waals surface area contributed by atoms with Gasteiger partial charge < -0.3 is 10.2 Å². The second-order valence-corrected chi connectivity index (χ2v) is 5.13. The molecule has 1 aromatic heterocycles. The lowest BCUT2D eigenvalue weighted by Crippen LogP contribution is -2.28. The predicted molar refractivity (Wildman–Crippen MR) is 85.9 cm³/mol. The van der Waals surface area contributed by atoms with Gasteiger partial charge in [-0.25, -0.2) is 0 Å². The first-order valence-electron chi connectivity index (χ1n) is 6.82. The Labute approximate surface area is 129 Å². The molecular formula is C16H18ClN3O. The van der Waals surface area contributed by atoms with E-state index in [4.69, 9.17) is 11.6 Å². The minimum absolute atomic E-state index is 0.162. The Morgan fingerprint density at radius 1 is 1.29 bits per heavy atom. The lowest BCUT2D eigenvalue weighted by Gasteiger charge is -2.19. The Hall–Kier alpha value is -2.07. The number of aromatic nitrogens is 1. The second kappa shape index (κ2) is 7.64. The number of carbonyl (C=O) groups excluding carboxylic acids is 1. The van der Waals surface area contributed by atoms with Crippen LogP contribution in [-0.4, -0.2) is 31.0 Å². The highest BCUT2D eigenvalue weighted by Crippen LogP contribution is 2.13. The van der Waals surface area contributed by atoms with Gasteiger partial charge in [0.2, 0.25) is 0 Å². The Morgan fingerprint density at radius 3 is 2.76 bits per heavy atom. The van der Waals surface area contributed by atoms with Gasteiger partial charge in [-0.3, -0.25) is 9.78 Å². The lowest BCUT2D eigenvalue weighted by molar-refractivity contribution is 0.0953. The van der Waals surface area contributed by atoms with E-state index in [1.54, 1.807) is 12.3 Å². The molecule has 0 fully saturated rings. The van der Waals surface area contributed by atoms with Crippen molar-refractivity contribution >= 4 is 23.2 Å². The second-order valence-electron chi connectivity index (χ2n) is 4.72. The van der Waals surface area contributed by atoms with E-state index < -0.39 is 0 Å². The summed E-state index contributed by atoms with van der Waals surface area (Å²) in [6, 6.07) is 11.8. The van der Waals surface area contributed by atoms with Gasteiger partial charge in [0, 0.05) is 38.2 Å². The third kappa shape index (κ3) is 4.46. The molecule has 1 amide bonds. The zero-order chi connectivity index (χ0) is 15.1. The number of carbonyl (C=O) groups is 1. The van der Waals surface area contributed by atoms with Crippen molar-refractivity contribution in [3.05, 3.63) is 59.4 Å². The maximum Gasteiger partial charge on any atom is 0.252 e. The standard InChI is InChI=1S/C16H18ClN3O/c1-20(13-6-3-2-4-7-13)11-5-9-19-16(21)14-8-10-18-12-15(14)17/h2-4,6-8,10,12H,5,9,11H2,1H3,(H,19,21). The quantitative estimate of drug-likeness (QED) is 0.835. The molecule has 0 bridgehead atoms. The van der Waals surface area contributed by atoms with Crippen LogP contribution in [0.4, 0.5) is 5.69 Å². The number of pyridine rings is 1. The van der Waals surface area contributed by atoms with Crippen LogP contribution in [0.15, 0.2) is 48.8 Å². The maximum absolute atomic E-state index is 11.9. The molecule has 0 aliphatic heterocycles. The van der Waals surface area contributed by atoms with Crippen LogP contribution in [0.2, 0.25) is 5.02 Å². The van der Waals surface area contributed by atoms with E-state index in [9.17, 15) is 4.79 Å². The van der Waals surface area contributed by atoms with Gasteiger partial charge in [0.15, 0.2) is 0 Å². The molecule has 0 aliphatic carbocycles. The molecule has 4 nitrogen and oxygen atoms in total. The zero-order valence-corrected chi connectivity index (χ0v) is 12.7. The molecule has 21 heavy (non-hydrogen) atoms. The molecule has 110 valence electrons. The summed E-state index contributed by atoms with van der Waals surface area (Å²) in [5, 5.41) is 3.24. The fourth-order valence-electron chi connectivity index (χ4n) is 1.98. The minimum atomic E-state index is -0.162. The number of benzene rings is 1. The van der Waals surface area contributed by atoms with Crippen LogP contribution in [0.3, 0.4) is 0 Å². The maximum atomic E-state index is 11.9. The number of para-hydroxylation sites is 1. The Bertz CT molecular complexity index is 589. The number of hydrogen-bond acceptors (Lipinski definition) is 3. The number of hydrogen-bond donors (Lipinski definition) is 1. The van der Waals surface area contributed by atoms with Gasteiger partial charge in [-0.15, -0.1) is 0 Å². The van der Waals surface area contributed by atoms with Crippen LogP contribution in [0.25, 0.3) is 0 Å². The van der Waals surface area contributed by atoms with Crippen LogP contribution in [0.1, 0.15) is 16.8 Å². The Kier molecular flexibility index (Phi) is 5.58. The van der Waals surface area contributed by atoms with Crippen molar-refractivity contribution in [3.8, 4) is 0 Å². The fraction of sp³-hybridized carbons (Fsp3) is 0.250. The van der Waals surface area contributed by atoms with Gasteiger partial charge in [0.25, 0.3) is 5.91 Å². The molecule has 0 atom stereocenters. The van der Waals surface area contributed by atoms with Crippen LogP contribution in [0, 0.1) is 0 Å². The summed E-state index contributed by atoms with van der Waals surface area (Å²) in [7, 11) is 2.04. The summed E-state index contributed by atoms with van der Waals surface area (Å²) in [5.74, 6) is -0.162. The smallest absolute Gasteiger partial charge is 0.252 e. The number of nitrogens with zero attached hydrogens (tertiary/aromatic N) is 2. The highest BCUT2D eigenvalue weighted by molar-refractivity contribution is 6.33. The summed E-state index contributed by atoms with van der Waals surface area (Å²) in [4.78, 5) is 18.0. The fourth-order valence-corrected chi connectivity index (χ4v) is 2.19. The monoisotopic (exact) mass is 303 g/mol. The normalized spacial score (nSPS) is 10.2. The van der Waals surface area contributed by atoms with E-state index in [-0.39, 0.29) is 5.91 Å². The number of amides is 1. The van der Waals surface area contributed by atoms with Gasteiger partial charge in [-0.2, -0.15) is 0 Å². The molecule has 0 saturated heterocycles. The summed E-state index contributed by atoms with van der Waals surface area (Å²) in [5.41, 5.74) is 1.63. The summed E-state index contributed by atoms with van der Waals surface area (Å²) in [6.07, 6.45) is 3.89. The molecule has 1 N–H and O–H groups in total. The zero-order valence-electron chi connectivity index (χ0n) is 11.9. The summed E-state index contributed by atoms with van der Waals surface area (Å²) >= 11 is 5.93.